The zero-order valence-electron chi connectivity index (χ0n) is 9.82. The first-order valence-electron chi connectivity index (χ1n) is 5.38. The highest BCUT2D eigenvalue weighted by Gasteiger charge is 2.20. The van der Waals surface area contributed by atoms with E-state index in [1.807, 2.05) is 0 Å². The number of hydrogen-bond acceptors (Lipinski definition) is 6. The van der Waals surface area contributed by atoms with Crippen molar-refractivity contribution < 1.29 is 30.6 Å². The van der Waals surface area contributed by atoms with E-state index in [2.05, 4.69) is 0 Å². The van der Waals surface area contributed by atoms with E-state index < -0.39 is 24.4 Å². The van der Waals surface area contributed by atoms with Gasteiger partial charge in [0.2, 0.25) is 0 Å². The zero-order valence-corrected chi connectivity index (χ0v) is 9.82. The first-order valence-corrected chi connectivity index (χ1v) is 5.38. The molecule has 0 spiro atoms. The molecule has 0 aliphatic rings. The van der Waals surface area contributed by atoms with Gasteiger partial charge in [-0.15, -0.1) is 0 Å². The van der Waals surface area contributed by atoms with Crippen LogP contribution in [0.5, 0.6) is 0 Å². The van der Waals surface area contributed by atoms with E-state index >= 15 is 0 Å². The maximum atomic E-state index is 9.09. The third kappa shape index (κ3) is 9.02. The van der Waals surface area contributed by atoms with Crippen molar-refractivity contribution in [1.29, 1.82) is 0 Å². The third-order valence-corrected chi connectivity index (χ3v) is 2.05. The lowest BCUT2D eigenvalue weighted by Gasteiger charge is -2.20. The molecule has 6 N–H and O–H groups in total. The second-order valence-electron chi connectivity index (χ2n) is 3.46. The van der Waals surface area contributed by atoms with E-state index in [4.69, 9.17) is 30.6 Å². The van der Waals surface area contributed by atoms with Gasteiger partial charge in [0, 0.05) is 0 Å². The highest BCUT2D eigenvalue weighted by atomic mass is 16.4. The molecular formula is C10H24O6. The average Bonchev–Trinajstić information content (AvgIpc) is 2.35. The number of aliphatic hydroxyl groups excluding tert-OH is 6. The summed E-state index contributed by atoms with van der Waals surface area (Å²) in [7, 11) is 0. The van der Waals surface area contributed by atoms with Crippen molar-refractivity contribution in [1.82, 2.24) is 0 Å². The predicted octanol–water partition coefficient (Wildman–Crippen LogP) is -1.78. The molecule has 0 aliphatic heterocycles. The Kier molecular flexibility index (Phi) is 12.8. The molecule has 2 unspecified atom stereocenters. The molecule has 100 valence electrons. The maximum absolute atomic E-state index is 9.09. The van der Waals surface area contributed by atoms with Crippen LogP contribution in [0, 0.1) is 0 Å². The summed E-state index contributed by atoms with van der Waals surface area (Å²) in [4.78, 5) is 0. The predicted molar refractivity (Wildman–Crippen MR) is 58.8 cm³/mol. The van der Waals surface area contributed by atoms with Crippen molar-refractivity contribution in [3.63, 3.8) is 0 Å². The Labute approximate surface area is 95.8 Å². The SMILES string of the molecule is CCC(O)C(O)C(O)CC.OCC(O)CO. The fourth-order valence-electron chi connectivity index (χ4n) is 0.797. The summed E-state index contributed by atoms with van der Waals surface area (Å²) >= 11 is 0. The monoisotopic (exact) mass is 240 g/mol. The summed E-state index contributed by atoms with van der Waals surface area (Å²) in [5, 5.41) is 51.1. The van der Waals surface area contributed by atoms with Crippen LogP contribution in [-0.4, -0.2) is 68.3 Å². The molecule has 6 nitrogen and oxygen atoms in total. The van der Waals surface area contributed by atoms with Crippen LogP contribution in [-0.2, 0) is 0 Å². The van der Waals surface area contributed by atoms with Gasteiger partial charge in [0.25, 0.3) is 0 Å². The van der Waals surface area contributed by atoms with Crippen molar-refractivity contribution in [2.75, 3.05) is 13.2 Å². The topological polar surface area (TPSA) is 121 Å². The lowest BCUT2D eigenvalue weighted by atomic mass is 10.0. The van der Waals surface area contributed by atoms with Crippen LogP contribution < -0.4 is 0 Å². The summed E-state index contributed by atoms with van der Waals surface area (Å²) in [6.07, 6.45) is -2.60. The zero-order chi connectivity index (χ0) is 13.1. The Morgan fingerprint density at radius 1 is 0.750 bits per heavy atom. The van der Waals surface area contributed by atoms with Crippen molar-refractivity contribution in [3.05, 3.63) is 0 Å². The van der Waals surface area contributed by atoms with Crippen LogP contribution in [0.25, 0.3) is 0 Å². The van der Waals surface area contributed by atoms with Gasteiger partial charge in [-0.3, -0.25) is 0 Å². The normalized spacial score (nSPS) is 16.3. The molecule has 2 atom stereocenters. The van der Waals surface area contributed by atoms with E-state index in [0.717, 1.165) is 0 Å². The van der Waals surface area contributed by atoms with Gasteiger partial charge in [0.1, 0.15) is 12.2 Å². The quantitative estimate of drug-likeness (QED) is 0.326. The number of rotatable bonds is 6. The van der Waals surface area contributed by atoms with Crippen LogP contribution in [0.3, 0.4) is 0 Å². The van der Waals surface area contributed by atoms with E-state index in [1.54, 1.807) is 13.8 Å². The van der Waals surface area contributed by atoms with E-state index in [-0.39, 0.29) is 13.2 Å². The van der Waals surface area contributed by atoms with Crippen molar-refractivity contribution in [2.24, 2.45) is 0 Å². The standard InChI is InChI=1S/C7H16O3.C3H8O3/c1-3-5(8)7(10)6(9)4-2;4-1-3(6)2-5/h5-10H,3-4H2,1-2H3;3-6H,1-2H2. The fraction of sp³-hybridized carbons (Fsp3) is 1.00. The van der Waals surface area contributed by atoms with Crippen LogP contribution in [0.2, 0.25) is 0 Å². The van der Waals surface area contributed by atoms with Gasteiger partial charge in [0.15, 0.2) is 0 Å². The smallest absolute Gasteiger partial charge is 0.106 e. The summed E-state index contributed by atoms with van der Waals surface area (Å²) in [5.41, 5.74) is 0. The van der Waals surface area contributed by atoms with Gasteiger partial charge in [0.05, 0.1) is 25.4 Å². The number of aliphatic hydroxyl groups is 6. The van der Waals surface area contributed by atoms with Gasteiger partial charge in [-0.2, -0.15) is 0 Å². The minimum absolute atomic E-state index is 0.365. The maximum Gasteiger partial charge on any atom is 0.106 e. The summed E-state index contributed by atoms with van der Waals surface area (Å²) in [5.74, 6) is 0. The number of hydrogen-bond donors (Lipinski definition) is 6. The highest BCUT2D eigenvalue weighted by Crippen LogP contribution is 2.05. The summed E-state index contributed by atoms with van der Waals surface area (Å²) in [6, 6.07) is 0. The van der Waals surface area contributed by atoms with Crippen molar-refractivity contribution in [3.8, 4) is 0 Å². The first kappa shape index (κ1) is 18.1. The molecule has 0 rings (SSSR count). The molecule has 0 amide bonds. The Bertz CT molecular complexity index is 129. The molecule has 0 aromatic carbocycles. The fourth-order valence-corrected chi connectivity index (χ4v) is 0.797. The molecule has 0 bridgehead atoms. The molecular weight excluding hydrogens is 216 g/mol. The van der Waals surface area contributed by atoms with Crippen LogP contribution in [0.4, 0.5) is 0 Å². The van der Waals surface area contributed by atoms with Crippen LogP contribution >= 0.6 is 0 Å². The minimum Gasteiger partial charge on any atom is -0.394 e. The molecule has 6 heteroatoms. The molecule has 0 aromatic rings. The van der Waals surface area contributed by atoms with Crippen LogP contribution in [0.15, 0.2) is 0 Å². The third-order valence-electron chi connectivity index (χ3n) is 2.05. The Hall–Kier alpha value is -0.240. The molecule has 0 aromatic heterocycles. The van der Waals surface area contributed by atoms with Crippen molar-refractivity contribution >= 4 is 0 Å². The van der Waals surface area contributed by atoms with Gasteiger partial charge >= 0.3 is 0 Å². The lowest BCUT2D eigenvalue weighted by molar-refractivity contribution is -0.0606. The highest BCUT2D eigenvalue weighted by molar-refractivity contribution is 4.72. The molecule has 0 radical (unpaired) electrons. The minimum atomic E-state index is -0.991. The molecule has 0 saturated carbocycles. The first-order chi connectivity index (χ1) is 7.44. The molecule has 0 aliphatic carbocycles. The molecule has 0 fully saturated rings. The second-order valence-corrected chi connectivity index (χ2v) is 3.46. The Balaban J connectivity index is 0. The van der Waals surface area contributed by atoms with E-state index in [1.165, 1.54) is 0 Å². The van der Waals surface area contributed by atoms with Gasteiger partial charge in [-0.1, -0.05) is 13.8 Å². The van der Waals surface area contributed by atoms with E-state index in [9.17, 15) is 0 Å². The Morgan fingerprint density at radius 2 is 1.06 bits per heavy atom. The van der Waals surface area contributed by atoms with Crippen molar-refractivity contribution in [2.45, 2.75) is 51.1 Å². The molecule has 16 heavy (non-hydrogen) atoms. The largest absolute Gasteiger partial charge is 0.394 e. The van der Waals surface area contributed by atoms with Gasteiger partial charge in [-0.25, -0.2) is 0 Å². The van der Waals surface area contributed by atoms with Crippen LogP contribution in [0.1, 0.15) is 26.7 Å². The lowest BCUT2D eigenvalue weighted by Crippen LogP contribution is -2.36. The second kappa shape index (κ2) is 11.3. The summed E-state index contributed by atoms with van der Waals surface area (Å²) in [6.45, 7) is 2.79. The van der Waals surface area contributed by atoms with E-state index in [0.29, 0.717) is 12.8 Å². The Morgan fingerprint density at radius 3 is 1.19 bits per heavy atom. The molecule has 0 saturated heterocycles. The molecule has 0 heterocycles. The average molecular weight is 240 g/mol. The van der Waals surface area contributed by atoms with Gasteiger partial charge < -0.3 is 30.6 Å². The summed E-state index contributed by atoms with van der Waals surface area (Å²) < 4.78 is 0. The van der Waals surface area contributed by atoms with Gasteiger partial charge in [-0.05, 0) is 12.8 Å².